The lowest BCUT2D eigenvalue weighted by Crippen LogP contribution is -2.16. The first-order valence-electron chi connectivity index (χ1n) is 14.0. The van der Waals surface area contributed by atoms with Crippen molar-refractivity contribution in [3.8, 4) is 22.3 Å². The van der Waals surface area contributed by atoms with Crippen LogP contribution in [0.2, 0.25) is 0 Å². The molecule has 0 amide bonds. The average molecular weight is 471 g/mol. The molecule has 0 bridgehead atoms. The van der Waals surface area contributed by atoms with Crippen LogP contribution in [-0.4, -0.2) is 0 Å². The maximum atomic E-state index is 2.49. The molecule has 4 aromatic carbocycles. The van der Waals surface area contributed by atoms with Crippen molar-refractivity contribution >= 4 is 0 Å². The van der Waals surface area contributed by atoms with Crippen LogP contribution in [0, 0.1) is 13.8 Å². The molecule has 2 atom stereocenters. The van der Waals surface area contributed by atoms with Gasteiger partial charge in [-0.1, -0.05) is 99.5 Å². The summed E-state index contributed by atoms with van der Waals surface area (Å²) in [6.07, 6.45) is 7.08. The monoisotopic (exact) mass is 470 g/mol. The Morgan fingerprint density at radius 3 is 1.39 bits per heavy atom. The lowest BCUT2D eigenvalue weighted by molar-refractivity contribution is 0.464. The zero-order valence-electron chi connectivity index (χ0n) is 22.3. The van der Waals surface area contributed by atoms with Crippen LogP contribution in [0.4, 0.5) is 0 Å². The van der Waals surface area contributed by atoms with Crippen LogP contribution in [0.1, 0.15) is 95.9 Å². The predicted molar refractivity (Wildman–Crippen MR) is 154 cm³/mol. The first kappa shape index (κ1) is 23.3. The smallest absolute Gasteiger partial charge is 0.00105 e. The number of benzene rings is 4. The molecule has 0 saturated heterocycles. The third-order valence-electron chi connectivity index (χ3n) is 8.91. The van der Waals surface area contributed by atoms with E-state index in [1.807, 2.05) is 0 Å². The van der Waals surface area contributed by atoms with Crippen LogP contribution < -0.4 is 0 Å². The molecule has 2 aliphatic rings. The highest BCUT2D eigenvalue weighted by Gasteiger charge is 2.33. The maximum Gasteiger partial charge on any atom is -0.00105 e. The van der Waals surface area contributed by atoms with Gasteiger partial charge in [-0.25, -0.2) is 0 Å². The van der Waals surface area contributed by atoms with Crippen LogP contribution >= 0.6 is 0 Å². The summed E-state index contributed by atoms with van der Waals surface area (Å²) in [5.74, 6) is 1.10. The number of hydrogen-bond donors (Lipinski definition) is 0. The van der Waals surface area contributed by atoms with E-state index < -0.39 is 0 Å². The van der Waals surface area contributed by atoms with Crippen LogP contribution in [0.5, 0.6) is 0 Å². The Kier molecular flexibility index (Phi) is 6.08. The minimum absolute atomic E-state index is 0.550. The van der Waals surface area contributed by atoms with Gasteiger partial charge in [-0.2, -0.15) is 0 Å². The van der Waals surface area contributed by atoms with E-state index in [1.165, 1.54) is 70.2 Å². The Balaban J connectivity index is 1.51. The van der Waals surface area contributed by atoms with E-state index in [-0.39, 0.29) is 0 Å². The highest BCUT2D eigenvalue weighted by molar-refractivity contribution is 5.82. The van der Waals surface area contributed by atoms with Crippen LogP contribution in [0.25, 0.3) is 22.3 Å². The molecule has 36 heavy (non-hydrogen) atoms. The van der Waals surface area contributed by atoms with E-state index >= 15 is 0 Å². The van der Waals surface area contributed by atoms with Gasteiger partial charge in [0.1, 0.15) is 0 Å². The zero-order chi connectivity index (χ0) is 24.8. The summed E-state index contributed by atoms with van der Waals surface area (Å²) in [6.45, 7) is 9.34. The van der Waals surface area contributed by atoms with Gasteiger partial charge in [-0.05, 0) is 118 Å². The van der Waals surface area contributed by atoms with Crippen LogP contribution in [-0.2, 0) is 12.8 Å². The van der Waals surface area contributed by atoms with Gasteiger partial charge in [-0.3, -0.25) is 0 Å². The molecule has 0 heteroatoms. The molecule has 2 unspecified atom stereocenters. The molecule has 0 saturated carbocycles. The average Bonchev–Trinajstić information content (AvgIpc) is 3.47. The van der Waals surface area contributed by atoms with Crippen LogP contribution in [0.15, 0.2) is 72.8 Å². The molecule has 4 aromatic rings. The molecule has 0 fully saturated rings. The van der Waals surface area contributed by atoms with Crippen molar-refractivity contribution in [2.75, 3.05) is 0 Å². The van der Waals surface area contributed by atoms with Gasteiger partial charge in [0, 0.05) is 0 Å². The highest BCUT2D eigenvalue weighted by Crippen LogP contribution is 2.50. The highest BCUT2D eigenvalue weighted by atomic mass is 14.4. The summed E-state index contributed by atoms with van der Waals surface area (Å²) < 4.78 is 0. The quantitative estimate of drug-likeness (QED) is 0.218. The fourth-order valence-electron chi connectivity index (χ4n) is 7.37. The van der Waals surface area contributed by atoms with E-state index in [1.54, 1.807) is 22.3 Å². The van der Waals surface area contributed by atoms with Gasteiger partial charge in [0.25, 0.3) is 0 Å². The first-order valence-corrected chi connectivity index (χ1v) is 14.0. The molecule has 6 rings (SSSR count). The van der Waals surface area contributed by atoms with E-state index in [0.29, 0.717) is 11.8 Å². The minimum Gasteiger partial charge on any atom is -0.0654 e. The number of rotatable bonds is 7. The summed E-state index contributed by atoms with van der Waals surface area (Å²) in [5, 5.41) is 0. The van der Waals surface area contributed by atoms with E-state index in [0.717, 1.165) is 12.8 Å². The second-order valence-corrected chi connectivity index (χ2v) is 11.1. The normalized spacial score (nSPS) is 14.7. The molecule has 0 spiro atoms. The molecule has 0 aromatic heterocycles. The standard InChI is InChI=1S/C36H38/c1-5-11-29(31-19-17-23(3)35-27-15-9-7-13-25(27)21-33(31)35)30(12-6-2)32-20-18-24(4)36-28-16-10-8-14-26(28)22-34(32)36/h7-10,13-20,29-30H,5-6,11-12,21-22H2,1-4H3. The SMILES string of the molecule is CCCC(c1ccc(C)c2c1Cc1ccccc1-2)C(CCC)c1ccc(C)c2c1Cc1ccccc1-2. The van der Waals surface area contributed by atoms with Crippen molar-refractivity contribution in [1.29, 1.82) is 0 Å². The van der Waals surface area contributed by atoms with Gasteiger partial charge in [0.15, 0.2) is 0 Å². The van der Waals surface area contributed by atoms with E-state index in [9.17, 15) is 0 Å². The Labute approximate surface area is 217 Å². The lowest BCUT2D eigenvalue weighted by atomic mass is 9.72. The predicted octanol–water partition coefficient (Wildman–Crippen LogP) is 9.91. The number of hydrogen-bond acceptors (Lipinski definition) is 0. The molecule has 0 N–H and O–H groups in total. The third kappa shape index (κ3) is 3.65. The van der Waals surface area contributed by atoms with Gasteiger partial charge in [0.05, 0.1) is 0 Å². The van der Waals surface area contributed by atoms with Crippen molar-refractivity contribution in [2.45, 2.75) is 78.1 Å². The summed E-state index contributed by atoms with van der Waals surface area (Å²) in [4.78, 5) is 0. The Bertz CT molecular complexity index is 1330. The van der Waals surface area contributed by atoms with Gasteiger partial charge in [0.2, 0.25) is 0 Å². The molecule has 0 aliphatic heterocycles. The summed E-state index contributed by atoms with van der Waals surface area (Å²) in [6, 6.07) is 27.9. The summed E-state index contributed by atoms with van der Waals surface area (Å²) in [5.41, 5.74) is 18.2. The van der Waals surface area contributed by atoms with Crippen molar-refractivity contribution in [2.24, 2.45) is 0 Å². The molecular formula is C36H38. The number of fused-ring (bicyclic) bond motifs is 6. The molecular weight excluding hydrogens is 432 g/mol. The molecule has 182 valence electrons. The zero-order valence-corrected chi connectivity index (χ0v) is 22.3. The second-order valence-electron chi connectivity index (χ2n) is 11.1. The molecule has 0 heterocycles. The van der Waals surface area contributed by atoms with E-state index in [4.69, 9.17) is 0 Å². The Morgan fingerprint density at radius 2 is 0.972 bits per heavy atom. The first-order chi connectivity index (χ1) is 17.6. The summed E-state index contributed by atoms with van der Waals surface area (Å²) >= 11 is 0. The molecule has 0 radical (unpaired) electrons. The van der Waals surface area contributed by atoms with Gasteiger partial charge in [-0.15, -0.1) is 0 Å². The number of aryl methyl sites for hydroxylation is 2. The largest absolute Gasteiger partial charge is 0.0654 e. The van der Waals surface area contributed by atoms with Crippen molar-refractivity contribution in [1.82, 2.24) is 0 Å². The summed E-state index contributed by atoms with van der Waals surface area (Å²) in [7, 11) is 0. The van der Waals surface area contributed by atoms with Gasteiger partial charge >= 0.3 is 0 Å². The van der Waals surface area contributed by atoms with E-state index in [2.05, 4.69) is 100 Å². The topological polar surface area (TPSA) is 0 Å². The van der Waals surface area contributed by atoms with Gasteiger partial charge < -0.3 is 0 Å². The van der Waals surface area contributed by atoms with Crippen molar-refractivity contribution in [3.05, 3.63) is 117 Å². The second kappa shape index (κ2) is 9.40. The molecule has 2 aliphatic carbocycles. The third-order valence-corrected chi connectivity index (χ3v) is 8.91. The minimum atomic E-state index is 0.550. The molecule has 0 nitrogen and oxygen atoms in total. The van der Waals surface area contributed by atoms with Crippen LogP contribution in [0.3, 0.4) is 0 Å². The fraction of sp³-hybridized carbons (Fsp3) is 0.333. The van der Waals surface area contributed by atoms with Crippen molar-refractivity contribution < 1.29 is 0 Å². The lowest BCUT2D eigenvalue weighted by Gasteiger charge is -2.32. The maximum absolute atomic E-state index is 2.49. The fourth-order valence-corrected chi connectivity index (χ4v) is 7.37. The van der Waals surface area contributed by atoms with Crippen molar-refractivity contribution in [3.63, 3.8) is 0 Å². The Morgan fingerprint density at radius 1 is 0.556 bits per heavy atom. The Hall–Kier alpha value is -3.12.